The Morgan fingerprint density at radius 2 is 1.91 bits per heavy atom. The first-order valence-electron chi connectivity index (χ1n) is 8.12. The highest BCUT2D eigenvalue weighted by atomic mass is 32.1. The molecule has 0 bridgehead atoms. The van der Waals surface area contributed by atoms with Gasteiger partial charge in [0.1, 0.15) is 5.60 Å². The lowest BCUT2D eigenvalue weighted by molar-refractivity contribution is 0.0489. The molecule has 1 aliphatic rings. The Morgan fingerprint density at radius 3 is 2.45 bits per heavy atom. The number of rotatable bonds is 4. The van der Waals surface area contributed by atoms with E-state index in [1.54, 1.807) is 11.3 Å². The van der Waals surface area contributed by atoms with E-state index in [0.717, 1.165) is 25.7 Å². The van der Waals surface area contributed by atoms with Gasteiger partial charge in [0.25, 0.3) is 0 Å². The van der Waals surface area contributed by atoms with E-state index in [9.17, 15) is 4.79 Å². The maximum Gasteiger partial charge on any atom is 0.407 e. The third-order valence-corrected chi connectivity index (χ3v) is 4.96. The highest BCUT2D eigenvalue weighted by Crippen LogP contribution is 2.24. The van der Waals surface area contributed by atoms with E-state index in [2.05, 4.69) is 35.1 Å². The third kappa shape index (κ3) is 5.61. The van der Waals surface area contributed by atoms with Gasteiger partial charge in [0.05, 0.1) is 0 Å². The van der Waals surface area contributed by atoms with Crippen LogP contribution in [0.4, 0.5) is 4.79 Å². The van der Waals surface area contributed by atoms with E-state index < -0.39 is 5.60 Å². The highest BCUT2D eigenvalue weighted by molar-refractivity contribution is 7.10. The van der Waals surface area contributed by atoms with Crippen LogP contribution in [0.2, 0.25) is 0 Å². The molecule has 2 N–H and O–H groups in total. The van der Waals surface area contributed by atoms with Crippen LogP contribution in [-0.4, -0.2) is 23.8 Å². The maximum absolute atomic E-state index is 11.8. The van der Waals surface area contributed by atoms with Crippen molar-refractivity contribution in [2.24, 2.45) is 0 Å². The van der Waals surface area contributed by atoms with Crippen LogP contribution in [0.3, 0.4) is 0 Å². The minimum Gasteiger partial charge on any atom is -0.444 e. The van der Waals surface area contributed by atoms with Crippen LogP contribution in [0.25, 0.3) is 0 Å². The predicted molar refractivity (Wildman–Crippen MR) is 91.3 cm³/mol. The lowest BCUT2D eigenvalue weighted by atomic mass is 9.91. The first-order valence-corrected chi connectivity index (χ1v) is 9.00. The Hall–Kier alpha value is -1.07. The van der Waals surface area contributed by atoms with Gasteiger partial charge in [-0.25, -0.2) is 4.79 Å². The minimum atomic E-state index is -0.432. The number of nitrogens with one attached hydrogen (secondary N) is 2. The summed E-state index contributed by atoms with van der Waals surface area (Å²) in [6.07, 6.45) is 3.91. The van der Waals surface area contributed by atoms with Crippen molar-refractivity contribution in [1.29, 1.82) is 0 Å². The smallest absolute Gasteiger partial charge is 0.407 e. The van der Waals surface area contributed by atoms with Crippen LogP contribution in [0.5, 0.6) is 0 Å². The molecular weight excluding hydrogens is 296 g/mol. The van der Waals surface area contributed by atoms with Gasteiger partial charge in [0.15, 0.2) is 0 Å². The van der Waals surface area contributed by atoms with Gasteiger partial charge in [-0.15, -0.1) is 11.3 Å². The SMILES string of the molecule is C[C@H](NC1CCC(NC(=O)OC(C)(C)C)CC1)c1cccs1. The molecule has 1 aliphatic carbocycles. The summed E-state index contributed by atoms with van der Waals surface area (Å²) in [7, 11) is 0. The lowest BCUT2D eigenvalue weighted by Crippen LogP contribution is -2.44. The fourth-order valence-electron chi connectivity index (χ4n) is 2.85. The summed E-state index contributed by atoms with van der Waals surface area (Å²) in [5, 5.41) is 8.81. The molecule has 5 heteroatoms. The van der Waals surface area contributed by atoms with Crippen LogP contribution in [0.1, 0.15) is 64.3 Å². The lowest BCUT2D eigenvalue weighted by Gasteiger charge is -2.32. The van der Waals surface area contributed by atoms with Crippen molar-refractivity contribution < 1.29 is 9.53 Å². The molecule has 0 unspecified atom stereocenters. The molecule has 1 heterocycles. The molecular formula is C17H28N2O2S. The van der Waals surface area contributed by atoms with Crippen molar-refractivity contribution in [2.75, 3.05) is 0 Å². The molecule has 1 aromatic rings. The monoisotopic (exact) mass is 324 g/mol. The molecule has 124 valence electrons. The quantitative estimate of drug-likeness (QED) is 0.871. The van der Waals surface area contributed by atoms with E-state index in [1.165, 1.54) is 4.88 Å². The molecule has 0 aliphatic heterocycles. The molecule has 1 amide bonds. The molecule has 1 saturated carbocycles. The van der Waals surface area contributed by atoms with Crippen molar-refractivity contribution in [2.45, 2.75) is 77.1 Å². The van der Waals surface area contributed by atoms with Gasteiger partial charge in [0, 0.05) is 23.0 Å². The molecule has 1 atom stereocenters. The standard InChI is InChI=1S/C17H28N2O2S/c1-12(15-6-5-11-22-15)18-13-7-9-14(10-8-13)19-16(20)21-17(2,3)4/h5-6,11-14,18H,7-10H2,1-4H3,(H,19,20)/t12-,13?,14?/m0/s1. The average molecular weight is 324 g/mol. The van der Waals surface area contributed by atoms with Gasteiger partial charge in [-0.1, -0.05) is 6.07 Å². The Labute approximate surface area is 137 Å². The second kappa shape index (κ2) is 7.47. The molecule has 0 radical (unpaired) electrons. The van der Waals surface area contributed by atoms with Gasteiger partial charge < -0.3 is 15.4 Å². The normalized spacial score (nSPS) is 23.8. The van der Waals surface area contributed by atoms with Gasteiger partial charge in [0.2, 0.25) is 0 Å². The molecule has 4 nitrogen and oxygen atoms in total. The van der Waals surface area contributed by atoms with E-state index >= 15 is 0 Å². The summed E-state index contributed by atoms with van der Waals surface area (Å²) in [6, 6.07) is 5.46. The molecule has 2 rings (SSSR count). The van der Waals surface area contributed by atoms with Crippen LogP contribution in [0.15, 0.2) is 17.5 Å². The van der Waals surface area contributed by atoms with Gasteiger partial charge >= 0.3 is 6.09 Å². The number of ether oxygens (including phenoxy) is 1. The number of hydrogen-bond acceptors (Lipinski definition) is 4. The summed E-state index contributed by atoms with van der Waals surface area (Å²) in [5.74, 6) is 0. The maximum atomic E-state index is 11.8. The summed E-state index contributed by atoms with van der Waals surface area (Å²) < 4.78 is 5.32. The van der Waals surface area contributed by atoms with Crippen LogP contribution in [0, 0.1) is 0 Å². The van der Waals surface area contributed by atoms with Crippen molar-refractivity contribution in [3.05, 3.63) is 22.4 Å². The third-order valence-electron chi connectivity index (χ3n) is 3.90. The van der Waals surface area contributed by atoms with E-state index in [-0.39, 0.29) is 12.1 Å². The van der Waals surface area contributed by atoms with E-state index in [4.69, 9.17) is 4.74 Å². The van der Waals surface area contributed by atoms with Crippen LogP contribution in [-0.2, 0) is 4.74 Å². The zero-order chi connectivity index (χ0) is 16.2. The molecule has 1 fully saturated rings. The number of hydrogen-bond donors (Lipinski definition) is 2. The Kier molecular flexibility index (Phi) is 5.87. The largest absolute Gasteiger partial charge is 0.444 e. The van der Waals surface area contributed by atoms with Crippen molar-refractivity contribution >= 4 is 17.4 Å². The fourth-order valence-corrected chi connectivity index (χ4v) is 3.60. The van der Waals surface area contributed by atoms with Crippen molar-refractivity contribution in [3.8, 4) is 0 Å². The predicted octanol–water partition coefficient (Wildman–Crippen LogP) is 4.23. The van der Waals surface area contributed by atoms with Gasteiger partial charge in [-0.05, 0) is 64.8 Å². The fraction of sp³-hybridized carbons (Fsp3) is 0.706. The number of thiophene rings is 1. The second-order valence-electron chi connectivity index (χ2n) is 7.10. The van der Waals surface area contributed by atoms with Crippen molar-refractivity contribution in [3.63, 3.8) is 0 Å². The summed E-state index contributed by atoms with van der Waals surface area (Å²) in [5.41, 5.74) is -0.432. The Balaban J connectivity index is 1.70. The van der Waals surface area contributed by atoms with E-state index in [0.29, 0.717) is 12.1 Å². The number of carbonyl (C=O) groups excluding carboxylic acids is 1. The molecule has 0 saturated heterocycles. The molecule has 0 spiro atoms. The topological polar surface area (TPSA) is 50.4 Å². The zero-order valence-electron chi connectivity index (χ0n) is 14.0. The molecule has 0 aromatic carbocycles. The average Bonchev–Trinajstić information content (AvgIpc) is 2.92. The molecule has 22 heavy (non-hydrogen) atoms. The molecule has 1 aromatic heterocycles. The number of amides is 1. The zero-order valence-corrected chi connectivity index (χ0v) is 14.8. The number of alkyl carbamates (subject to hydrolysis) is 1. The van der Waals surface area contributed by atoms with Gasteiger partial charge in [-0.3, -0.25) is 0 Å². The first kappa shape index (κ1) is 17.3. The Morgan fingerprint density at radius 1 is 1.27 bits per heavy atom. The van der Waals surface area contributed by atoms with Crippen LogP contribution >= 0.6 is 11.3 Å². The Bertz CT molecular complexity index is 460. The summed E-state index contributed by atoms with van der Waals surface area (Å²) in [6.45, 7) is 7.88. The minimum absolute atomic E-state index is 0.241. The summed E-state index contributed by atoms with van der Waals surface area (Å²) >= 11 is 1.80. The second-order valence-corrected chi connectivity index (χ2v) is 8.08. The van der Waals surface area contributed by atoms with Crippen LogP contribution < -0.4 is 10.6 Å². The van der Waals surface area contributed by atoms with Gasteiger partial charge in [-0.2, -0.15) is 0 Å². The summed E-state index contributed by atoms with van der Waals surface area (Å²) in [4.78, 5) is 13.2. The first-order chi connectivity index (χ1) is 10.3. The van der Waals surface area contributed by atoms with Crippen molar-refractivity contribution in [1.82, 2.24) is 10.6 Å². The number of carbonyl (C=O) groups is 1. The van der Waals surface area contributed by atoms with E-state index in [1.807, 2.05) is 20.8 Å². The highest BCUT2D eigenvalue weighted by Gasteiger charge is 2.25.